The molecule has 2 aliphatic rings. The van der Waals surface area contributed by atoms with E-state index in [0.29, 0.717) is 35.8 Å². The molecule has 1 unspecified atom stereocenters. The predicted molar refractivity (Wildman–Crippen MR) is 123 cm³/mol. The van der Waals surface area contributed by atoms with Gasteiger partial charge < -0.3 is 14.2 Å². The number of carbonyl (C=O) groups excluding carboxylic acids is 1. The second-order valence-corrected chi connectivity index (χ2v) is 9.26. The number of pyridine rings is 1. The van der Waals surface area contributed by atoms with Gasteiger partial charge in [-0.25, -0.2) is 24.3 Å². The second kappa shape index (κ2) is 8.49. The summed E-state index contributed by atoms with van der Waals surface area (Å²) < 4.78 is 59.9. The van der Waals surface area contributed by atoms with E-state index in [4.69, 9.17) is 4.74 Å². The molecule has 1 aromatic carbocycles. The molecule has 0 radical (unpaired) electrons. The van der Waals surface area contributed by atoms with E-state index in [0.717, 1.165) is 6.20 Å². The molecule has 190 valence electrons. The SMILES string of the molecule is Cn1c(-c2ccc(F)cc2)nc2nc(C(=O)N3C[C@@H]4C(COc5cccnc5C(F)(F)F)[C@@H]4C3)cnc21. The molecule has 0 bridgehead atoms. The van der Waals surface area contributed by atoms with Crippen LogP contribution in [-0.4, -0.2) is 55.0 Å². The molecule has 1 saturated carbocycles. The summed E-state index contributed by atoms with van der Waals surface area (Å²) in [5.74, 6) is 0.0271. The summed E-state index contributed by atoms with van der Waals surface area (Å²) in [5, 5.41) is 0. The summed E-state index contributed by atoms with van der Waals surface area (Å²) in [4.78, 5) is 31.4. The number of fused-ring (bicyclic) bond motifs is 2. The molecule has 4 heterocycles. The Kier molecular flexibility index (Phi) is 5.35. The highest BCUT2D eigenvalue weighted by Crippen LogP contribution is 2.52. The molecular weight excluding hydrogens is 492 g/mol. The molecule has 3 atom stereocenters. The van der Waals surface area contributed by atoms with Crippen molar-refractivity contribution in [2.75, 3.05) is 19.7 Å². The van der Waals surface area contributed by atoms with E-state index in [2.05, 4.69) is 19.9 Å². The van der Waals surface area contributed by atoms with Crippen LogP contribution >= 0.6 is 0 Å². The van der Waals surface area contributed by atoms with Crippen molar-refractivity contribution in [1.82, 2.24) is 29.4 Å². The average Bonchev–Trinajstić information content (AvgIpc) is 3.18. The van der Waals surface area contributed by atoms with Crippen molar-refractivity contribution in [2.45, 2.75) is 6.18 Å². The molecule has 37 heavy (non-hydrogen) atoms. The Morgan fingerprint density at radius 3 is 2.51 bits per heavy atom. The van der Waals surface area contributed by atoms with Crippen LogP contribution in [0.4, 0.5) is 17.6 Å². The van der Waals surface area contributed by atoms with Crippen molar-refractivity contribution in [3.63, 3.8) is 0 Å². The molecular formula is C25H20F4N6O2. The number of amides is 1. The number of rotatable bonds is 5. The fourth-order valence-corrected chi connectivity index (χ4v) is 5.05. The molecule has 1 aliphatic heterocycles. The van der Waals surface area contributed by atoms with Crippen LogP contribution in [0, 0.1) is 23.6 Å². The first-order valence-corrected chi connectivity index (χ1v) is 11.6. The van der Waals surface area contributed by atoms with E-state index in [1.807, 2.05) is 0 Å². The quantitative estimate of drug-likeness (QED) is 0.376. The van der Waals surface area contributed by atoms with Gasteiger partial charge in [-0.05, 0) is 48.2 Å². The first-order valence-electron chi connectivity index (χ1n) is 11.6. The van der Waals surface area contributed by atoms with Crippen LogP contribution in [0.1, 0.15) is 16.2 Å². The molecule has 12 heteroatoms. The number of carbonyl (C=O) groups is 1. The van der Waals surface area contributed by atoms with E-state index in [1.165, 1.54) is 30.5 Å². The standard InChI is InChI=1S/C25H20F4N6O2/c1-34-22(13-4-6-14(26)7-5-13)33-21-23(34)31-9-18(32-21)24(36)35-10-15-16(11-35)17(15)12-37-19-3-2-8-30-20(19)25(27,28)29/h2-9,15-17H,10-12H2,1H3/t15-,16+,17?. The Morgan fingerprint density at radius 1 is 1.08 bits per heavy atom. The number of nitrogens with zero attached hydrogens (tertiary/aromatic N) is 6. The Morgan fingerprint density at radius 2 is 1.81 bits per heavy atom. The van der Waals surface area contributed by atoms with Gasteiger partial charge in [-0.2, -0.15) is 13.2 Å². The number of piperidine rings is 1. The molecule has 1 saturated heterocycles. The molecule has 2 fully saturated rings. The molecule has 8 nitrogen and oxygen atoms in total. The topological polar surface area (TPSA) is 86.0 Å². The third-order valence-electron chi connectivity index (χ3n) is 7.03. The third-order valence-corrected chi connectivity index (χ3v) is 7.03. The summed E-state index contributed by atoms with van der Waals surface area (Å²) in [5.41, 5.74) is 0.614. The highest BCUT2D eigenvalue weighted by molar-refractivity contribution is 5.93. The molecule has 0 N–H and O–H groups in total. The minimum Gasteiger partial charge on any atom is -0.491 e. The van der Waals surface area contributed by atoms with Crippen LogP contribution < -0.4 is 4.74 Å². The monoisotopic (exact) mass is 512 g/mol. The Hall–Kier alpha value is -4.09. The summed E-state index contributed by atoms with van der Waals surface area (Å²) >= 11 is 0. The van der Waals surface area contributed by atoms with Crippen LogP contribution in [0.5, 0.6) is 5.75 Å². The summed E-state index contributed by atoms with van der Waals surface area (Å²) in [7, 11) is 1.77. The van der Waals surface area contributed by atoms with E-state index in [1.54, 1.807) is 28.6 Å². The van der Waals surface area contributed by atoms with Gasteiger partial charge in [0.2, 0.25) is 0 Å². The molecule has 3 aromatic heterocycles. The second-order valence-electron chi connectivity index (χ2n) is 9.26. The summed E-state index contributed by atoms with van der Waals surface area (Å²) in [6.07, 6.45) is -2.10. The van der Waals surface area contributed by atoms with Crippen LogP contribution in [-0.2, 0) is 13.2 Å². The Balaban J connectivity index is 1.11. The molecule has 1 amide bonds. The summed E-state index contributed by atoms with van der Waals surface area (Å²) in [6.45, 7) is 1.08. The zero-order chi connectivity index (χ0) is 25.9. The zero-order valence-electron chi connectivity index (χ0n) is 19.5. The fraction of sp³-hybridized carbons (Fsp3) is 0.320. The van der Waals surface area contributed by atoms with E-state index < -0.39 is 11.9 Å². The van der Waals surface area contributed by atoms with E-state index >= 15 is 0 Å². The van der Waals surface area contributed by atoms with Crippen molar-refractivity contribution < 1.29 is 27.1 Å². The van der Waals surface area contributed by atoms with Gasteiger partial charge in [-0.3, -0.25) is 4.79 Å². The lowest BCUT2D eigenvalue weighted by atomic mass is 10.2. The summed E-state index contributed by atoms with van der Waals surface area (Å²) in [6, 6.07) is 8.56. The number of hydrogen-bond donors (Lipinski definition) is 0. The van der Waals surface area contributed by atoms with Crippen molar-refractivity contribution in [3.8, 4) is 17.1 Å². The minimum atomic E-state index is -4.59. The lowest BCUT2D eigenvalue weighted by Crippen LogP contribution is -2.33. The lowest BCUT2D eigenvalue weighted by molar-refractivity contribution is -0.142. The average molecular weight is 512 g/mol. The first kappa shape index (κ1) is 23.3. The van der Waals surface area contributed by atoms with E-state index in [9.17, 15) is 22.4 Å². The highest BCUT2D eigenvalue weighted by atomic mass is 19.4. The van der Waals surface area contributed by atoms with Crippen LogP contribution in [0.3, 0.4) is 0 Å². The largest absolute Gasteiger partial charge is 0.491 e. The number of benzene rings is 1. The van der Waals surface area contributed by atoms with Crippen molar-refractivity contribution in [2.24, 2.45) is 24.8 Å². The lowest BCUT2D eigenvalue weighted by Gasteiger charge is -2.19. The normalized spacial score (nSPS) is 20.8. The Labute approximate surface area is 207 Å². The maximum absolute atomic E-state index is 13.3. The molecule has 1 aliphatic carbocycles. The van der Waals surface area contributed by atoms with Crippen molar-refractivity contribution >= 4 is 17.2 Å². The van der Waals surface area contributed by atoms with Gasteiger partial charge >= 0.3 is 6.18 Å². The van der Waals surface area contributed by atoms with Crippen LogP contribution in [0.2, 0.25) is 0 Å². The number of hydrogen-bond acceptors (Lipinski definition) is 6. The smallest absolute Gasteiger partial charge is 0.437 e. The first-order chi connectivity index (χ1) is 17.7. The maximum atomic E-state index is 13.3. The molecule has 6 rings (SSSR count). The fourth-order valence-electron chi connectivity index (χ4n) is 5.05. The third kappa shape index (κ3) is 4.15. The maximum Gasteiger partial charge on any atom is 0.437 e. The number of likely N-dealkylation sites (tertiary alicyclic amines) is 1. The van der Waals surface area contributed by atoms with Gasteiger partial charge in [0.05, 0.1) is 12.8 Å². The van der Waals surface area contributed by atoms with Crippen molar-refractivity contribution in [1.29, 1.82) is 0 Å². The highest BCUT2D eigenvalue weighted by Gasteiger charge is 2.57. The van der Waals surface area contributed by atoms with Gasteiger partial charge in [0.15, 0.2) is 17.0 Å². The molecule has 0 spiro atoms. The van der Waals surface area contributed by atoms with Gasteiger partial charge in [-0.15, -0.1) is 0 Å². The van der Waals surface area contributed by atoms with Gasteiger partial charge in [-0.1, -0.05) is 0 Å². The van der Waals surface area contributed by atoms with E-state index in [-0.39, 0.29) is 47.5 Å². The Bertz CT molecular complexity index is 1490. The zero-order valence-corrected chi connectivity index (χ0v) is 19.5. The number of aromatic nitrogens is 5. The van der Waals surface area contributed by atoms with Gasteiger partial charge in [0.25, 0.3) is 5.91 Å². The van der Waals surface area contributed by atoms with Crippen molar-refractivity contribution in [3.05, 3.63) is 66.0 Å². The number of aryl methyl sites for hydroxylation is 1. The predicted octanol–water partition coefficient (Wildman–Crippen LogP) is 3.98. The molecule has 4 aromatic rings. The minimum absolute atomic E-state index is 0.0768. The number of halogens is 4. The van der Waals surface area contributed by atoms with Crippen LogP contribution in [0.25, 0.3) is 22.7 Å². The number of alkyl halides is 3. The van der Waals surface area contributed by atoms with Gasteiger partial charge in [0.1, 0.15) is 23.1 Å². The van der Waals surface area contributed by atoms with Crippen LogP contribution in [0.15, 0.2) is 48.8 Å². The van der Waals surface area contributed by atoms with Gasteiger partial charge in [0, 0.05) is 37.8 Å². The number of ether oxygens (including phenoxy) is 1. The number of imidazole rings is 1.